The highest BCUT2D eigenvalue weighted by atomic mass is 16.4. The van der Waals surface area contributed by atoms with Gasteiger partial charge in [-0.15, -0.1) is 0 Å². The molecule has 116 valence electrons. The Morgan fingerprint density at radius 2 is 2.14 bits per heavy atom. The van der Waals surface area contributed by atoms with Crippen LogP contribution in [-0.4, -0.2) is 28.0 Å². The van der Waals surface area contributed by atoms with Crippen LogP contribution in [0.1, 0.15) is 30.1 Å². The third kappa shape index (κ3) is 3.43. The number of aromatic amines is 1. The Labute approximate surface area is 126 Å². The van der Waals surface area contributed by atoms with Gasteiger partial charge in [0, 0.05) is 0 Å². The SMILES string of the molecule is CCCC(NC(=O)c1ccc(-c2ccco2)[nH]c1=O)C(=O)O. The summed E-state index contributed by atoms with van der Waals surface area (Å²) in [6.45, 7) is 1.81. The second-order valence-electron chi connectivity index (χ2n) is 4.75. The molecule has 7 nitrogen and oxygen atoms in total. The molecule has 0 saturated heterocycles. The molecule has 1 atom stereocenters. The molecule has 0 radical (unpaired) electrons. The summed E-state index contributed by atoms with van der Waals surface area (Å²) in [5, 5.41) is 11.4. The van der Waals surface area contributed by atoms with Crippen molar-refractivity contribution in [2.24, 2.45) is 0 Å². The molecule has 7 heteroatoms. The Balaban J connectivity index is 2.20. The molecule has 2 rings (SSSR count). The quantitative estimate of drug-likeness (QED) is 0.750. The van der Waals surface area contributed by atoms with Gasteiger partial charge in [-0.1, -0.05) is 13.3 Å². The Hall–Kier alpha value is -2.83. The minimum absolute atomic E-state index is 0.141. The number of H-pyrrole nitrogens is 1. The first kappa shape index (κ1) is 15.6. The summed E-state index contributed by atoms with van der Waals surface area (Å²) in [7, 11) is 0. The summed E-state index contributed by atoms with van der Waals surface area (Å²) < 4.78 is 5.15. The van der Waals surface area contributed by atoms with Gasteiger partial charge in [0.25, 0.3) is 11.5 Å². The first-order valence-corrected chi connectivity index (χ1v) is 6.83. The van der Waals surface area contributed by atoms with Crippen molar-refractivity contribution in [3.63, 3.8) is 0 Å². The number of amides is 1. The maximum absolute atomic E-state index is 12.0. The molecule has 1 unspecified atom stereocenters. The third-order valence-electron chi connectivity index (χ3n) is 3.12. The number of hydrogen-bond donors (Lipinski definition) is 3. The first-order valence-electron chi connectivity index (χ1n) is 6.83. The van der Waals surface area contributed by atoms with Gasteiger partial charge in [-0.25, -0.2) is 4.79 Å². The lowest BCUT2D eigenvalue weighted by Crippen LogP contribution is -2.42. The van der Waals surface area contributed by atoms with Crippen molar-refractivity contribution >= 4 is 11.9 Å². The van der Waals surface area contributed by atoms with Gasteiger partial charge in [0.15, 0.2) is 0 Å². The molecule has 1 amide bonds. The van der Waals surface area contributed by atoms with Crippen LogP contribution in [0.3, 0.4) is 0 Å². The van der Waals surface area contributed by atoms with Gasteiger partial charge in [0.1, 0.15) is 17.4 Å². The molecule has 0 aromatic carbocycles. The number of carbonyl (C=O) groups excluding carboxylic acids is 1. The zero-order chi connectivity index (χ0) is 16.1. The predicted octanol–water partition coefficient (Wildman–Crippen LogP) is 1.62. The van der Waals surface area contributed by atoms with Crippen LogP contribution in [0.5, 0.6) is 0 Å². The molecule has 0 bridgehead atoms. The Bertz CT molecular complexity index is 718. The van der Waals surface area contributed by atoms with E-state index in [0.29, 0.717) is 24.3 Å². The number of carbonyl (C=O) groups is 2. The Morgan fingerprint density at radius 3 is 2.68 bits per heavy atom. The van der Waals surface area contributed by atoms with Gasteiger partial charge in [-0.05, 0) is 30.7 Å². The average molecular weight is 304 g/mol. The van der Waals surface area contributed by atoms with Crippen molar-refractivity contribution in [3.8, 4) is 11.5 Å². The van der Waals surface area contributed by atoms with Crippen LogP contribution in [0.4, 0.5) is 0 Å². The van der Waals surface area contributed by atoms with Gasteiger partial charge >= 0.3 is 5.97 Å². The lowest BCUT2D eigenvalue weighted by Gasteiger charge is -2.13. The van der Waals surface area contributed by atoms with Gasteiger partial charge in [0.2, 0.25) is 0 Å². The van der Waals surface area contributed by atoms with E-state index in [2.05, 4.69) is 10.3 Å². The van der Waals surface area contributed by atoms with E-state index in [-0.39, 0.29) is 5.56 Å². The molecule has 0 aliphatic carbocycles. The summed E-state index contributed by atoms with van der Waals surface area (Å²) in [5.74, 6) is -1.37. The fourth-order valence-corrected chi connectivity index (χ4v) is 2.01. The highest BCUT2D eigenvalue weighted by Gasteiger charge is 2.21. The zero-order valence-corrected chi connectivity index (χ0v) is 12.0. The lowest BCUT2D eigenvalue weighted by molar-refractivity contribution is -0.139. The number of nitrogens with one attached hydrogen (secondary N) is 2. The molecule has 2 heterocycles. The van der Waals surface area contributed by atoms with E-state index in [1.807, 2.05) is 6.92 Å². The Morgan fingerprint density at radius 1 is 1.36 bits per heavy atom. The Kier molecular flexibility index (Phi) is 4.77. The monoisotopic (exact) mass is 304 g/mol. The van der Waals surface area contributed by atoms with Crippen LogP contribution >= 0.6 is 0 Å². The maximum atomic E-state index is 12.0. The van der Waals surface area contributed by atoms with E-state index in [1.54, 1.807) is 12.1 Å². The van der Waals surface area contributed by atoms with E-state index < -0.39 is 23.5 Å². The first-order chi connectivity index (χ1) is 10.5. The number of aromatic nitrogens is 1. The number of hydrogen-bond acceptors (Lipinski definition) is 4. The van der Waals surface area contributed by atoms with E-state index in [0.717, 1.165) is 0 Å². The minimum atomic E-state index is -1.13. The van der Waals surface area contributed by atoms with Crippen molar-refractivity contribution in [1.29, 1.82) is 0 Å². The number of carboxylic acid groups (broad SMARTS) is 1. The number of furan rings is 1. The van der Waals surface area contributed by atoms with E-state index >= 15 is 0 Å². The fourth-order valence-electron chi connectivity index (χ4n) is 2.01. The van der Waals surface area contributed by atoms with Gasteiger partial charge in [-0.3, -0.25) is 9.59 Å². The molecule has 0 aliphatic heterocycles. The topological polar surface area (TPSA) is 112 Å². The van der Waals surface area contributed by atoms with E-state index in [1.165, 1.54) is 18.4 Å². The summed E-state index contributed by atoms with van der Waals surface area (Å²) >= 11 is 0. The molecule has 2 aromatic heterocycles. The second-order valence-corrected chi connectivity index (χ2v) is 4.75. The van der Waals surface area contributed by atoms with Crippen molar-refractivity contribution < 1.29 is 19.1 Å². The highest BCUT2D eigenvalue weighted by molar-refractivity contribution is 5.96. The standard InChI is InChI=1S/C15H16N2O5/c1-2-4-11(15(20)21)17-14(19)9-6-7-10(16-13(9)18)12-5-3-8-22-12/h3,5-8,11H,2,4H2,1H3,(H,16,18)(H,17,19)(H,20,21). The van der Waals surface area contributed by atoms with Gasteiger partial charge < -0.3 is 19.8 Å². The van der Waals surface area contributed by atoms with Crippen molar-refractivity contribution in [2.75, 3.05) is 0 Å². The zero-order valence-electron chi connectivity index (χ0n) is 12.0. The minimum Gasteiger partial charge on any atom is -0.480 e. The molecule has 0 fully saturated rings. The largest absolute Gasteiger partial charge is 0.480 e. The second kappa shape index (κ2) is 6.75. The van der Waals surface area contributed by atoms with Crippen LogP contribution in [0.2, 0.25) is 0 Å². The molecular formula is C15H16N2O5. The average Bonchev–Trinajstić information content (AvgIpc) is 3.00. The van der Waals surface area contributed by atoms with Crippen LogP contribution in [0.15, 0.2) is 39.7 Å². The predicted molar refractivity (Wildman–Crippen MR) is 78.6 cm³/mol. The van der Waals surface area contributed by atoms with Crippen LogP contribution < -0.4 is 10.9 Å². The van der Waals surface area contributed by atoms with Crippen LogP contribution in [0.25, 0.3) is 11.5 Å². The summed E-state index contributed by atoms with van der Waals surface area (Å²) in [6, 6.07) is 5.21. The fraction of sp³-hybridized carbons (Fsp3) is 0.267. The molecular weight excluding hydrogens is 288 g/mol. The summed E-state index contributed by atoms with van der Waals surface area (Å²) in [5.41, 5.74) is -0.306. The molecule has 0 aliphatic rings. The molecule has 2 aromatic rings. The third-order valence-corrected chi connectivity index (χ3v) is 3.12. The van der Waals surface area contributed by atoms with Crippen LogP contribution in [0, 0.1) is 0 Å². The van der Waals surface area contributed by atoms with Crippen LogP contribution in [-0.2, 0) is 4.79 Å². The maximum Gasteiger partial charge on any atom is 0.326 e. The highest BCUT2D eigenvalue weighted by Crippen LogP contribution is 2.15. The lowest BCUT2D eigenvalue weighted by atomic mass is 10.1. The van der Waals surface area contributed by atoms with Crippen molar-refractivity contribution in [3.05, 3.63) is 46.4 Å². The van der Waals surface area contributed by atoms with Crippen molar-refractivity contribution in [2.45, 2.75) is 25.8 Å². The molecule has 0 spiro atoms. The van der Waals surface area contributed by atoms with Gasteiger partial charge in [0.05, 0.1) is 12.0 Å². The smallest absolute Gasteiger partial charge is 0.326 e. The van der Waals surface area contributed by atoms with E-state index in [9.17, 15) is 14.4 Å². The molecule has 3 N–H and O–H groups in total. The van der Waals surface area contributed by atoms with Crippen molar-refractivity contribution in [1.82, 2.24) is 10.3 Å². The molecule has 22 heavy (non-hydrogen) atoms. The number of rotatable bonds is 6. The normalized spacial score (nSPS) is 11.9. The summed E-state index contributed by atoms with van der Waals surface area (Å²) in [4.78, 5) is 37.6. The number of aliphatic carboxylic acids is 1. The number of carboxylic acids is 1. The summed E-state index contributed by atoms with van der Waals surface area (Å²) in [6.07, 6.45) is 2.37. The van der Waals surface area contributed by atoms with E-state index in [4.69, 9.17) is 9.52 Å². The van der Waals surface area contributed by atoms with Gasteiger partial charge in [-0.2, -0.15) is 0 Å². The number of pyridine rings is 1. The molecule has 0 saturated carbocycles.